The highest BCUT2D eigenvalue weighted by Gasteiger charge is 2.29. The van der Waals surface area contributed by atoms with Crippen LogP contribution >= 0.6 is 0 Å². The molecule has 1 aliphatic heterocycles. The summed E-state index contributed by atoms with van der Waals surface area (Å²) in [7, 11) is 0. The Hall–Kier alpha value is -2.34. The molecule has 2 aromatic rings. The number of fused-ring (bicyclic) bond motifs is 1. The van der Waals surface area contributed by atoms with Crippen LogP contribution in [0.2, 0.25) is 0 Å². The van der Waals surface area contributed by atoms with Crippen LogP contribution in [-0.4, -0.2) is 34.6 Å². The average molecular weight is 369 g/mol. The average Bonchev–Trinajstić information content (AvgIpc) is 3.50. The Morgan fingerprint density at radius 1 is 1.22 bits per heavy atom. The van der Waals surface area contributed by atoms with E-state index < -0.39 is 0 Å². The summed E-state index contributed by atoms with van der Waals surface area (Å²) in [5.74, 6) is 2.94. The van der Waals surface area contributed by atoms with Crippen LogP contribution in [0.4, 0.5) is 0 Å². The predicted octanol–water partition coefficient (Wildman–Crippen LogP) is 3.00. The van der Waals surface area contributed by atoms with E-state index >= 15 is 0 Å². The largest absolute Gasteiger partial charge is 0.490 e. The van der Waals surface area contributed by atoms with E-state index in [1.54, 1.807) is 0 Å². The molecule has 0 bridgehead atoms. The molecule has 4 rings (SSSR count). The summed E-state index contributed by atoms with van der Waals surface area (Å²) >= 11 is 0. The summed E-state index contributed by atoms with van der Waals surface area (Å²) in [4.78, 5) is 22.6. The van der Waals surface area contributed by atoms with Gasteiger partial charge in [-0.2, -0.15) is 0 Å². The van der Waals surface area contributed by atoms with Gasteiger partial charge >= 0.3 is 0 Å². The van der Waals surface area contributed by atoms with Crippen LogP contribution in [0.25, 0.3) is 0 Å². The molecule has 1 aromatic carbocycles. The Kier molecular flexibility index (Phi) is 5.16. The second-order valence-electron chi connectivity index (χ2n) is 7.22. The van der Waals surface area contributed by atoms with Gasteiger partial charge in [0, 0.05) is 37.5 Å². The molecule has 0 saturated heterocycles. The predicted molar refractivity (Wildman–Crippen MR) is 103 cm³/mol. The van der Waals surface area contributed by atoms with Crippen LogP contribution in [-0.2, 0) is 19.5 Å². The number of H-pyrrole nitrogens is 1. The first-order valence-electron chi connectivity index (χ1n) is 9.91. The fourth-order valence-corrected chi connectivity index (χ4v) is 3.69. The SMILES string of the molecule is CCOc1cccc(CN2CCc3nc(C4CC4)[nH]c(=O)c3C2)c1OCC. The molecule has 1 aromatic heterocycles. The number of rotatable bonds is 7. The number of hydrogen-bond acceptors (Lipinski definition) is 5. The molecule has 0 amide bonds. The lowest BCUT2D eigenvalue weighted by Crippen LogP contribution is -2.35. The first-order chi connectivity index (χ1) is 13.2. The van der Waals surface area contributed by atoms with Crippen LogP contribution in [0.3, 0.4) is 0 Å². The number of aromatic amines is 1. The molecular formula is C21H27N3O3. The molecule has 144 valence electrons. The van der Waals surface area contributed by atoms with Gasteiger partial charge in [-0.1, -0.05) is 12.1 Å². The maximum atomic E-state index is 12.6. The number of aromatic nitrogens is 2. The molecule has 2 aliphatic rings. The van der Waals surface area contributed by atoms with Crippen molar-refractivity contribution in [2.45, 2.75) is 52.1 Å². The monoisotopic (exact) mass is 369 g/mol. The van der Waals surface area contributed by atoms with E-state index in [1.165, 1.54) is 0 Å². The molecular weight excluding hydrogens is 342 g/mol. The Labute approximate surface area is 159 Å². The third kappa shape index (κ3) is 3.86. The van der Waals surface area contributed by atoms with Gasteiger partial charge in [-0.15, -0.1) is 0 Å². The molecule has 1 N–H and O–H groups in total. The quantitative estimate of drug-likeness (QED) is 0.813. The van der Waals surface area contributed by atoms with Gasteiger partial charge in [0.15, 0.2) is 11.5 Å². The highest BCUT2D eigenvalue weighted by Crippen LogP contribution is 2.38. The van der Waals surface area contributed by atoms with Crippen molar-refractivity contribution in [2.24, 2.45) is 0 Å². The fourth-order valence-electron chi connectivity index (χ4n) is 3.69. The van der Waals surface area contributed by atoms with Crippen molar-refractivity contribution in [1.29, 1.82) is 0 Å². The Balaban J connectivity index is 1.55. The Bertz CT molecular complexity index is 873. The summed E-state index contributed by atoms with van der Waals surface area (Å²) in [5, 5.41) is 0. The van der Waals surface area contributed by atoms with E-state index in [2.05, 4.69) is 16.0 Å². The van der Waals surface area contributed by atoms with Gasteiger partial charge in [0.25, 0.3) is 5.56 Å². The second kappa shape index (κ2) is 7.72. The summed E-state index contributed by atoms with van der Waals surface area (Å²) in [6.07, 6.45) is 3.10. The van der Waals surface area contributed by atoms with Gasteiger partial charge in [0.1, 0.15) is 5.82 Å². The number of hydrogen-bond donors (Lipinski definition) is 1. The number of nitrogens with zero attached hydrogens (tertiary/aromatic N) is 2. The molecule has 27 heavy (non-hydrogen) atoms. The van der Waals surface area contributed by atoms with Gasteiger partial charge in [0.05, 0.1) is 24.5 Å². The highest BCUT2D eigenvalue weighted by atomic mass is 16.5. The molecule has 0 spiro atoms. The van der Waals surface area contributed by atoms with Crippen LogP contribution in [0.5, 0.6) is 11.5 Å². The smallest absolute Gasteiger partial charge is 0.255 e. The van der Waals surface area contributed by atoms with E-state index in [4.69, 9.17) is 14.5 Å². The van der Waals surface area contributed by atoms with Crippen molar-refractivity contribution in [2.75, 3.05) is 19.8 Å². The maximum absolute atomic E-state index is 12.6. The van der Waals surface area contributed by atoms with E-state index in [9.17, 15) is 4.79 Å². The molecule has 1 saturated carbocycles. The standard InChI is InChI=1S/C21H27N3O3/c1-3-26-18-7-5-6-15(19(18)27-4-2)12-24-11-10-17-16(13-24)21(25)23-20(22-17)14-8-9-14/h5-7,14H,3-4,8-13H2,1-2H3,(H,22,23,25). The normalized spacial score (nSPS) is 16.8. The molecule has 0 atom stereocenters. The minimum absolute atomic E-state index is 0.0275. The van der Waals surface area contributed by atoms with Crippen LogP contribution < -0.4 is 15.0 Å². The van der Waals surface area contributed by atoms with Crippen molar-refractivity contribution >= 4 is 0 Å². The van der Waals surface area contributed by atoms with Crippen molar-refractivity contribution in [3.05, 3.63) is 51.2 Å². The van der Waals surface area contributed by atoms with E-state index in [0.29, 0.717) is 25.7 Å². The first-order valence-corrected chi connectivity index (χ1v) is 9.91. The lowest BCUT2D eigenvalue weighted by Gasteiger charge is -2.28. The summed E-state index contributed by atoms with van der Waals surface area (Å²) < 4.78 is 11.6. The third-order valence-electron chi connectivity index (χ3n) is 5.17. The van der Waals surface area contributed by atoms with Crippen LogP contribution in [0.15, 0.2) is 23.0 Å². The highest BCUT2D eigenvalue weighted by molar-refractivity contribution is 5.46. The van der Waals surface area contributed by atoms with Gasteiger partial charge in [-0.25, -0.2) is 4.98 Å². The Morgan fingerprint density at radius 2 is 2.04 bits per heavy atom. The minimum atomic E-state index is 0.0275. The maximum Gasteiger partial charge on any atom is 0.255 e. The molecule has 0 radical (unpaired) electrons. The van der Waals surface area contributed by atoms with Crippen molar-refractivity contribution in [3.63, 3.8) is 0 Å². The molecule has 1 fully saturated rings. The zero-order valence-electron chi connectivity index (χ0n) is 16.1. The zero-order chi connectivity index (χ0) is 18.8. The summed E-state index contributed by atoms with van der Waals surface area (Å²) in [5.41, 5.74) is 2.90. The van der Waals surface area contributed by atoms with Crippen molar-refractivity contribution in [1.82, 2.24) is 14.9 Å². The summed E-state index contributed by atoms with van der Waals surface area (Å²) in [6, 6.07) is 6.01. The Morgan fingerprint density at radius 3 is 2.78 bits per heavy atom. The molecule has 0 unspecified atom stereocenters. The van der Waals surface area contributed by atoms with Gasteiger partial charge in [-0.3, -0.25) is 9.69 Å². The zero-order valence-corrected chi connectivity index (χ0v) is 16.1. The van der Waals surface area contributed by atoms with Gasteiger partial charge < -0.3 is 14.5 Å². The lowest BCUT2D eigenvalue weighted by molar-refractivity contribution is 0.231. The lowest BCUT2D eigenvalue weighted by atomic mass is 10.1. The van der Waals surface area contributed by atoms with Gasteiger partial charge in [0.2, 0.25) is 0 Å². The number of para-hydroxylation sites is 1. The number of benzene rings is 1. The van der Waals surface area contributed by atoms with E-state index in [0.717, 1.165) is 66.5 Å². The van der Waals surface area contributed by atoms with E-state index in [1.807, 2.05) is 26.0 Å². The number of ether oxygens (including phenoxy) is 2. The van der Waals surface area contributed by atoms with Gasteiger partial charge in [-0.05, 0) is 32.8 Å². The molecule has 1 aliphatic carbocycles. The summed E-state index contributed by atoms with van der Waals surface area (Å²) in [6.45, 7) is 7.37. The van der Waals surface area contributed by atoms with Crippen LogP contribution in [0, 0.1) is 0 Å². The second-order valence-corrected chi connectivity index (χ2v) is 7.22. The third-order valence-corrected chi connectivity index (χ3v) is 5.17. The van der Waals surface area contributed by atoms with Crippen molar-refractivity contribution in [3.8, 4) is 11.5 Å². The first kappa shape index (κ1) is 18.0. The molecule has 2 heterocycles. The number of nitrogens with one attached hydrogen (secondary N) is 1. The minimum Gasteiger partial charge on any atom is -0.490 e. The fraction of sp³-hybridized carbons (Fsp3) is 0.524. The van der Waals surface area contributed by atoms with Crippen molar-refractivity contribution < 1.29 is 9.47 Å². The topological polar surface area (TPSA) is 67.5 Å². The molecule has 6 nitrogen and oxygen atoms in total. The van der Waals surface area contributed by atoms with E-state index in [-0.39, 0.29) is 5.56 Å². The molecule has 6 heteroatoms. The van der Waals surface area contributed by atoms with Crippen LogP contribution in [0.1, 0.15) is 55.3 Å².